The summed E-state index contributed by atoms with van der Waals surface area (Å²) in [5.41, 5.74) is 5.97. The molecule has 1 aromatic heterocycles. The Balaban J connectivity index is 1.45. The molecule has 1 amide bonds. The zero-order valence-corrected chi connectivity index (χ0v) is 20.7. The second kappa shape index (κ2) is 11.1. The van der Waals surface area contributed by atoms with E-state index in [4.69, 9.17) is 9.84 Å². The minimum Gasteiger partial charge on any atom is -0.495 e. The lowest BCUT2D eigenvalue weighted by atomic mass is 10.1. The van der Waals surface area contributed by atoms with Crippen LogP contribution in [0.2, 0.25) is 0 Å². The monoisotopic (exact) mass is 496 g/mol. The molecule has 0 unspecified atom stereocenters. The molecule has 0 atom stereocenters. The second-order valence-electron chi connectivity index (χ2n) is 8.47. The number of anilines is 1. The summed E-state index contributed by atoms with van der Waals surface area (Å²) in [5.74, 6) is 0.0119. The van der Waals surface area contributed by atoms with Crippen molar-refractivity contribution in [1.29, 1.82) is 5.26 Å². The summed E-state index contributed by atoms with van der Waals surface area (Å²) in [7, 11) is 1.53. The van der Waals surface area contributed by atoms with Crippen molar-refractivity contribution >= 4 is 17.7 Å². The Morgan fingerprint density at radius 3 is 2.16 bits per heavy atom. The first kappa shape index (κ1) is 24.3. The summed E-state index contributed by atoms with van der Waals surface area (Å²) >= 11 is 0. The quantitative estimate of drug-likeness (QED) is 0.199. The molecule has 6 nitrogen and oxygen atoms in total. The highest BCUT2D eigenvalue weighted by Gasteiger charge is 2.14. The average molecular weight is 497 g/mol. The van der Waals surface area contributed by atoms with E-state index in [1.165, 1.54) is 7.11 Å². The Morgan fingerprint density at radius 2 is 1.50 bits per heavy atom. The van der Waals surface area contributed by atoms with Gasteiger partial charge in [-0.25, -0.2) is 4.68 Å². The number of carbonyl (C=O) groups excluding carboxylic acids is 1. The lowest BCUT2D eigenvalue weighted by molar-refractivity contribution is -0.112. The van der Waals surface area contributed by atoms with Crippen LogP contribution in [-0.2, 0) is 4.79 Å². The summed E-state index contributed by atoms with van der Waals surface area (Å²) in [5, 5.41) is 17.3. The van der Waals surface area contributed by atoms with E-state index in [-0.39, 0.29) is 5.57 Å². The number of carbonyl (C=O) groups is 1. The normalized spacial score (nSPS) is 11.0. The number of nitrogens with one attached hydrogen (secondary N) is 1. The maximum atomic E-state index is 12.8. The first-order valence-electron chi connectivity index (χ1n) is 12.0. The molecular formula is C32H24N4O2. The van der Waals surface area contributed by atoms with Crippen molar-refractivity contribution in [2.45, 2.75) is 0 Å². The van der Waals surface area contributed by atoms with Crippen molar-refractivity contribution < 1.29 is 9.53 Å². The zero-order valence-electron chi connectivity index (χ0n) is 20.7. The maximum Gasteiger partial charge on any atom is 0.266 e. The lowest BCUT2D eigenvalue weighted by Crippen LogP contribution is -2.14. The van der Waals surface area contributed by atoms with Gasteiger partial charge < -0.3 is 10.1 Å². The van der Waals surface area contributed by atoms with Crippen molar-refractivity contribution in [3.63, 3.8) is 0 Å². The predicted octanol–water partition coefficient (Wildman–Crippen LogP) is 6.76. The second-order valence-corrected chi connectivity index (χ2v) is 8.47. The van der Waals surface area contributed by atoms with E-state index in [0.717, 1.165) is 33.8 Å². The minimum atomic E-state index is -0.507. The fourth-order valence-corrected chi connectivity index (χ4v) is 4.11. The van der Waals surface area contributed by atoms with Crippen LogP contribution in [0, 0.1) is 11.3 Å². The number of hydrogen-bond acceptors (Lipinski definition) is 4. The van der Waals surface area contributed by atoms with Gasteiger partial charge in [-0.15, -0.1) is 0 Å². The number of ether oxygens (including phenoxy) is 1. The first-order chi connectivity index (χ1) is 18.7. The molecule has 4 aromatic carbocycles. The molecule has 0 bridgehead atoms. The van der Waals surface area contributed by atoms with Gasteiger partial charge in [0.1, 0.15) is 17.4 Å². The zero-order chi connectivity index (χ0) is 26.3. The van der Waals surface area contributed by atoms with Gasteiger partial charge >= 0.3 is 0 Å². The third kappa shape index (κ3) is 5.23. The molecule has 184 valence electrons. The third-order valence-electron chi connectivity index (χ3n) is 6.02. The highest BCUT2D eigenvalue weighted by Crippen LogP contribution is 2.29. The minimum absolute atomic E-state index is 0.0147. The van der Waals surface area contributed by atoms with E-state index in [1.807, 2.05) is 89.6 Å². The molecule has 1 heterocycles. The molecule has 5 rings (SSSR count). The fraction of sp³-hybridized carbons (Fsp3) is 0.0312. The lowest BCUT2D eigenvalue weighted by Gasteiger charge is -2.09. The van der Waals surface area contributed by atoms with Crippen LogP contribution in [0.1, 0.15) is 5.56 Å². The molecule has 0 spiro atoms. The largest absolute Gasteiger partial charge is 0.495 e. The number of aromatic nitrogens is 2. The van der Waals surface area contributed by atoms with E-state index in [1.54, 1.807) is 24.3 Å². The number of rotatable bonds is 7. The molecule has 6 heteroatoms. The molecule has 38 heavy (non-hydrogen) atoms. The molecule has 0 aliphatic carbocycles. The van der Waals surface area contributed by atoms with Crippen molar-refractivity contribution in [3.05, 3.63) is 126 Å². The summed E-state index contributed by atoms with van der Waals surface area (Å²) in [6.45, 7) is 0. The van der Waals surface area contributed by atoms with E-state index in [2.05, 4.69) is 23.5 Å². The summed E-state index contributed by atoms with van der Waals surface area (Å²) < 4.78 is 7.19. The van der Waals surface area contributed by atoms with Gasteiger partial charge in [0.2, 0.25) is 0 Å². The summed E-state index contributed by atoms with van der Waals surface area (Å²) in [6.07, 6.45) is 1.56. The number of amides is 1. The number of methoxy groups -OCH3 is 1. The molecule has 5 aromatic rings. The number of benzene rings is 4. The van der Waals surface area contributed by atoms with Crippen LogP contribution in [0.5, 0.6) is 5.75 Å². The molecule has 0 radical (unpaired) electrons. The van der Waals surface area contributed by atoms with E-state index < -0.39 is 5.91 Å². The van der Waals surface area contributed by atoms with Gasteiger partial charge in [0.25, 0.3) is 5.91 Å². The summed E-state index contributed by atoms with van der Waals surface area (Å²) in [6, 6.07) is 38.9. The molecule has 0 saturated heterocycles. The molecule has 0 aliphatic rings. The number of nitrogens with zero attached hydrogens (tertiary/aromatic N) is 3. The van der Waals surface area contributed by atoms with Gasteiger partial charge in [0, 0.05) is 11.1 Å². The van der Waals surface area contributed by atoms with Crippen LogP contribution in [0.3, 0.4) is 0 Å². The Hall–Kier alpha value is -5.41. The van der Waals surface area contributed by atoms with Crippen LogP contribution >= 0.6 is 0 Å². The van der Waals surface area contributed by atoms with Crippen molar-refractivity contribution in [2.75, 3.05) is 12.4 Å². The standard InChI is InChI=1S/C32H24N4O2/c1-38-31-15-9-8-14-28(31)34-32(37)26(22-33)20-23-16-18-27(19-17-23)36-30(25-12-6-3-7-13-25)21-29(35-36)24-10-4-2-5-11-24/h2-21H,1H3,(H,34,37)/b26-20+. The maximum absolute atomic E-state index is 12.8. The molecule has 0 fully saturated rings. The van der Waals surface area contributed by atoms with Crippen LogP contribution < -0.4 is 10.1 Å². The number of hydrogen-bond donors (Lipinski definition) is 1. The van der Waals surface area contributed by atoms with Gasteiger partial charge in [0.15, 0.2) is 0 Å². The van der Waals surface area contributed by atoms with E-state index in [0.29, 0.717) is 11.4 Å². The van der Waals surface area contributed by atoms with Crippen LogP contribution in [0.25, 0.3) is 34.3 Å². The highest BCUT2D eigenvalue weighted by atomic mass is 16.5. The van der Waals surface area contributed by atoms with Gasteiger partial charge in [-0.1, -0.05) is 84.9 Å². The van der Waals surface area contributed by atoms with Gasteiger partial charge in [0.05, 0.1) is 29.9 Å². The average Bonchev–Trinajstić information content (AvgIpc) is 3.43. The Bertz CT molecular complexity index is 1630. The fourth-order valence-electron chi connectivity index (χ4n) is 4.11. The Morgan fingerprint density at radius 1 is 0.868 bits per heavy atom. The highest BCUT2D eigenvalue weighted by molar-refractivity contribution is 6.10. The number of para-hydroxylation sites is 2. The van der Waals surface area contributed by atoms with Gasteiger partial charge in [-0.05, 0) is 42.0 Å². The van der Waals surface area contributed by atoms with Crippen LogP contribution in [0.4, 0.5) is 5.69 Å². The SMILES string of the molecule is COc1ccccc1NC(=O)/C(C#N)=C/c1ccc(-n2nc(-c3ccccc3)cc2-c2ccccc2)cc1. The van der Waals surface area contributed by atoms with E-state index in [9.17, 15) is 10.1 Å². The van der Waals surface area contributed by atoms with Crippen LogP contribution in [-0.4, -0.2) is 22.8 Å². The third-order valence-corrected chi connectivity index (χ3v) is 6.02. The molecule has 1 N–H and O–H groups in total. The van der Waals surface area contributed by atoms with Gasteiger partial charge in [-0.2, -0.15) is 10.4 Å². The van der Waals surface area contributed by atoms with Crippen molar-refractivity contribution in [1.82, 2.24) is 9.78 Å². The van der Waals surface area contributed by atoms with Crippen molar-refractivity contribution in [2.24, 2.45) is 0 Å². The molecule has 0 aliphatic heterocycles. The van der Waals surface area contributed by atoms with Crippen molar-refractivity contribution in [3.8, 4) is 40.0 Å². The van der Waals surface area contributed by atoms with E-state index >= 15 is 0 Å². The predicted molar refractivity (Wildman–Crippen MR) is 150 cm³/mol. The molecular weight excluding hydrogens is 472 g/mol. The Labute approximate surface area is 221 Å². The van der Waals surface area contributed by atoms with Gasteiger partial charge in [-0.3, -0.25) is 4.79 Å². The molecule has 0 saturated carbocycles. The summed E-state index contributed by atoms with van der Waals surface area (Å²) in [4.78, 5) is 12.8. The number of nitriles is 1. The smallest absolute Gasteiger partial charge is 0.266 e. The topological polar surface area (TPSA) is 79.9 Å². The first-order valence-corrected chi connectivity index (χ1v) is 12.0. The Kier molecular flexibility index (Phi) is 7.10. The van der Waals surface area contributed by atoms with Crippen LogP contribution in [0.15, 0.2) is 121 Å².